The largest absolute Gasteiger partial charge is 0.343 e. The Morgan fingerprint density at radius 2 is 1.90 bits per heavy atom. The summed E-state index contributed by atoms with van der Waals surface area (Å²) in [6, 6.07) is -0.999. The van der Waals surface area contributed by atoms with Gasteiger partial charge in [0.2, 0.25) is 11.8 Å². The second-order valence-corrected chi connectivity index (χ2v) is 7.93. The zero-order valence-electron chi connectivity index (χ0n) is 12.5. The second kappa shape index (κ2) is 6.56. The number of nitrogens with zero attached hydrogens (tertiary/aromatic N) is 1. The first kappa shape index (κ1) is 16.9. The Morgan fingerprint density at radius 3 is 2.35 bits per heavy atom. The number of hydrogen-bond acceptors (Lipinski definition) is 4. The predicted octanol–water partition coefficient (Wildman–Crippen LogP) is 0.183. The van der Waals surface area contributed by atoms with Gasteiger partial charge in [0.25, 0.3) is 0 Å². The van der Waals surface area contributed by atoms with E-state index >= 15 is 0 Å². The Kier molecular flexibility index (Phi) is 5.56. The molecule has 2 atom stereocenters. The fourth-order valence-electron chi connectivity index (χ4n) is 2.48. The number of sulfone groups is 1. The normalized spacial score (nSPS) is 24.1. The van der Waals surface area contributed by atoms with E-state index in [1.165, 1.54) is 6.26 Å². The summed E-state index contributed by atoms with van der Waals surface area (Å²) in [6.07, 6.45) is 2.07. The average molecular weight is 304 g/mol. The lowest BCUT2D eigenvalue weighted by molar-refractivity contribution is -0.151. The lowest BCUT2D eigenvalue weighted by Crippen LogP contribution is -2.64. The minimum absolute atomic E-state index is 0.00464. The molecule has 1 rings (SSSR count). The molecule has 0 aromatic heterocycles. The maximum absolute atomic E-state index is 12.3. The first-order valence-corrected chi connectivity index (χ1v) is 9.02. The highest BCUT2D eigenvalue weighted by Crippen LogP contribution is 2.19. The van der Waals surface area contributed by atoms with Crippen molar-refractivity contribution in [2.24, 2.45) is 5.92 Å². The standard InChI is InChI=1S/C13H24N2O4S/c1-5-10-13(17)15(7-6-8-20(4,18)19)11(9(2)3)12(16)14-10/h9-11H,5-8H2,1-4H3,(H,14,16). The molecule has 1 aliphatic rings. The molecule has 7 heteroatoms. The minimum Gasteiger partial charge on any atom is -0.343 e. The molecule has 20 heavy (non-hydrogen) atoms. The third-order valence-electron chi connectivity index (χ3n) is 3.46. The number of amides is 2. The SMILES string of the molecule is CCC1NC(=O)C(C(C)C)N(CCCS(C)(=O)=O)C1=O. The molecule has 1 saturated heterocycles. The molecular formula is C13H24N2O4S. The van der Waals surface area contributed by atoms with Gasteiger partial charge in [0, 0.05) is 12.8 Å². The summed E-state index contributed by atoms with van der Waals surface area (Å²) < 4.78 is 22.3. The van der Waals surface area contributed by atoms with Gasteiger partial charge in [0.15, 0.2) is 0 Å². The molecule has 0 spiro atoms. The van der Waals surface area contributed by atoms with E-state index in [1.54, 1.807) is 4.90 Å². The molecule has 116 valence electrons. The van der Waals surface area contributed by atoms with Gasteiger partial charge in [0.05, 0.1) is 5.75 Å². The molecule has 0 aromatic carbocycles. The molecule has 0 aromatic rings. The van der Waals surface area contributed by atoms with E-state index in [-0.39, 0.29) is 23.5 Å². The van der Waals surface area contributed by atoms with Gasteiger partial charge >= 0.3 is 0 Å². The number of carbonyl (C=O) groups is 2. The van der Waals surface area contributed by atoms with Crippen LogP contribution in [0.3, 0.4) is 0 Å². The maximum atomic E-state index is 12.3. The van der Waals surface area contributed by atoms with Crippen molar-refractivity contribution < 1.29 is 18.0 Å². The fraction of sp³-hybridized carbons (Fsp3) is 0.846. The summed E-state index contributed by atoms with van der Waals surface area (Å²) >= 11 is 0. The van der Waals surface area contributed by atoms with Crippen LogP contribution in [-0.4, -0.2) is 55.8 Å². The lowest BCUT2D eigenvalue weighted by atomic mass is 9.96. The molecule has 2 unspecified atom stereocenters. The summed E-state index contributed by atoms with van der Waals surface area (Å²) in [5.41, 5.74) is 0. The smallest absolute Gasteiger partial charge is 0.245 e. The molecule has 0 radical (unpaired) electrons. The van der Waals surface area contributed by atoms with Crippen LogP contribution in [0.1, 0.15) is 33.6 Å². The van der Waals surface area contributed by atoms with Crippen LogP contribution in [0.25, 0.3) is 0 Å². The summed E-state index contributed by atoms with van der Waals surface area (Å²) in [4.78, 5) is 26.0. The van der Waals surface area contributed by atoms with Gasteiger partial charge in [-0.1, -0.05) is 20.8 Å². The number of carbonyl (C=O) groups excluding carboxylic acids is 2. The van der Waals surface area contributed by atoms with E-state index in [0.717, 1.165) is 0 Å². The van der Waals surface area contributed by atoms with Crippen molar-refractivity contribution in [3.8, 4) is 0 Å². The van der Waals surface area contributed by atoms with E-state index in [1.807, 2.05) is 20.8 Å². The Labute approximate surface area is 120 Å². The van der Waals surface area contributed by atoms with Crippen LogP contribution in [0, 0.1) is 5.92 Å². The monoisotopic (exact) mass is 304 g/mol. The van der Waals surface area contributed by atoms with E-state index in [9.17, 15) is 18.0 Å². The zero-order chi connectivity index (χ0) is 15.5. The molecule has 1 fully saturated rings. The minimum atomic E-state index is -3.05. The van der Waals surface area contributed by atoms with Gasteiger partial charge in [-0.15, -0.1) is 0 Å². The molecule has 1 aliphatic heterocycles. The van der Waals surface area contributed by atoms with Crippen molar-refractivity contribution in [1.29, 1.82) is 0 Å². The fourth-order valence-corrected chi connectivity index (χ4v) is 3.14. The van der Waals surface area contributed by atoms with E-state index in [0.29, 0.717) is 19.4 Å². The van der Waals surface area contributed by atoms with Crippen LogP contribution in [0.15, 0.2) is 0 Å². The van der Waals surface area contributed by atoms with Crippen LogP contribution in [0.5, 0.6) is 0 Å². The van der Waals surface area contributed by atoms with Crippen molar-refractivity contribution in [3.63, 3.8) is 0 Å². The first-order valence-electron chi connectivity index (χ1n) is 6.96. The summed E-state index contributed by atoms with van der Waals surface area (Å²) in [7, 11) is -3.05. The lowest BCUT2D eigenvalue weighted by Gasteiger charge is -2.40. The molecule has 0 bridgehead atoms. The third-order valence-corrected chi connectivity index (χ3v) is 4.49. The summed E-state index contributed by atoms with van der Waals surface area (Å²) in [6.45, 7) is 5.91. The molecule has 2 amide bonds. The highest BCUT2D eigenvalue weighted by atomic mass is 32.2. The van der Waals surface area contributed by atoms with Crippen molar-refractivity contribution in [1.82, 2.24) is 10.2 Å². The van der Waals surface area contributed by atoms with E-state index < -0.39 is 21.9 Å². The summed E-state index contributed by atoms with van der Waals surface area (Å²) in [5.74, 6) is -0.236. The number of piperazine rings is 1. The van der Waals surface area contributed by atoms with Crippen LogP contribution in [0.2, 0.25) is 0 Å². The highest BCUT2D eigenvalue weighted by Gasteiger charge is 2.40. The average Bonchev–Trinajstić information content (AvgIpc) is 2.30. The van der Waals surface area contributed by atoms with Gasteiger partial charge in [-0.05, 0) is 18.8 Å². The van der Waals surface area contributed by atoms with Gasteiger partial charge in [-0.2, -0.15) is 0 Å². The van der Waals surface area contributed by atoms with E-state index in [4.69, 9.17) is 0 Å². The number of nitrogens with one attached hydrogen (secondary N) is 1. The Morgan fingerprint density at radius 1 is 1.30 bits per heavy atom. The molecule has 1 N–H and O–H groups in total. The van der Waals surface area contributed by atoms with Crippen LogP contribution >= 0.6 is 0 Å². The molecule has 1 heterocycles. The van der Waals surface area contributed by atoms with Crippen molar-refractivity contribution in [2.45, 2.75) is 45.7 Å². The quantitative estimate of drug-likeness (QED) is 0.759. The van der Waals surface area contributed by atoms with Crippen LogP contribution < -0.4 is 5.32 Å². The highest BCUT2D eigenvalue weighted by molar-refractivity contribution is 7.90. The maximum Gasteiger partial charge on any atom is 0.245 e. The third kappa shape index (κ3) is 4.19. The summed E-state index contributed by atoms with van der Waals surface area (Å²) in [5, 5.41) is 2.74. The molecule has 0 saturated carbocycles. The molecular weight excluding hydrogens is 280 g/mol. The van der Waals surface area contributed by atoms with Gasteiger partial charge in [-0.25, -0.2) is 8.42 Å². The Bertz CT molecular complexity index is 473. The van der Waals surface area contributed by atoms with Crippen LogP contribution in [0.4, 0.5) is 0 Å². The van der Waals surface area contributed by atoms with Gasteiger partial charge in [-0.3, -0.25) is 9.59 Å². The van der Waals surface area contributed by atoms with Crippen LogP contribution in [-0.2, 0) is 19.4 Å². The number of rotatable bonds is 6. The van der Waals surface area contributed by atoms with Gasteiger partial charge in [0.1, 0.15) is 21.9 Å². The van der Waals surface area contributed by atoms with Crippen molar-refractivity contribution in [2.75, 3.05) is 18.6 Å². The number of hydrogen-bond donors (Lipinski definition) is 1. The first-order chi connectivity index (χ1) is 9.17. The molecule has 0 aliphatic carbocycles. The Balaban J connectivity index is 2.83. The molecule has 6 nitrogen and oxygen atoms in total. The predicted molar refractivity (Wildman–Crippen MR) is 76.9 cm³/mol. The van der Waals surface area contributed by atoms with Crippen molar-refractivity contribution in [3.05, 3.63) is 0 Å². The second-order valence-electron chi connectivity index (χ2n) is 5.67. The topological polar surface area (TPSA) is 83.6 Å². The zero-order valence-corrected chi connectivity index (χ0v) is 13.4. The van der Waals surface area contributed by atoms with Crippen molar-refractivity contribution >= 4 is 21.7 Å². The van der Waals surface area contributed by atoms with Gasteiger partial charge < -0.3 is 10.2 Å². The Hall–Kier alpha value is -1.11. The van der Waals surface area contributed by atoms with E-state index in [2.05, 4.69) is 5.32 Å².